The highest BCUT2D eigenvalue weighted by atomic mass is 35.5. The van der Waals surface area contributed by atoms with E-state index in [1.165, 1.54) is 12.1 Å². The van der Waals surface area contributed by atoms with Crippen molar-refractivity contribution < 1.29 is 13.7 Å². The predicted molar refractivity (Wildman–Crippen MR) is 74.3 cm³/mol. The number of nitro benzene ring substituents is 1. The summed E-state index contributed by atoms with van der Waals surface area (Å²) >= 11 is 11.7. The van der Waals surface area contributed by atoms with Gasteiger partial charge >= 0.3 is 0 Å². The molecule has 0 aliphatic rings. The quantitative estimate of drug-likeness (QED) is 0.480. The van der Waals surface area contributed by atoms with E-state index in [2.05, 4.69) is 9.98 Å². The fourth-order valence-corrected chi connectivity index (χ4v) is 2.13. The SMILES string of the molecule is O=[N+]([O-])c1cccc(Cl)c1/C(Cl)=N/c1c(F)cncc1F. The first kappa shape index (κ1) is 15.3. The Bertz CT molecular complexity index is 733. The Kier molecular flexibility index (Phi) is 4.44. The number of aromatic nitrogens is 1. The van der Waals surface area contributed by atoms with Gasteiger partial charge in [0.15, 0.2) is 11.6 Å². The maximum atomic E-state index is 13.5. The third kappa shape index (κ3) is 3.14. The largest absolute Gasteiger partial charge is 0.281 e. The van der Waals surface area contributed by atoms with Crippen molar-refractivity contribution in [3.05, 3.63) is 62.9 Å². The summed E-state index contributed by atoms with van der Waals surface area (Å²) < 4.78 is 26.9. The van der Waals surface area contributed by atoms with Gasteiger partial charge in [-0.15, -0.1) is 0 Å². The molecule has 0 bridgehead atoms. The Morgan fingerprint density at radius 3 is 2.48 bits per heavy atom. The minimum Gasteiger partial charge on any atom is -0.258 e. The van der Waals surface area contributed by atoms with Crippen molar-refractivity contribution in [3.63, 3.8) is 0 Å². The third-order valence-electron chi connectivity index (χ3n) is 2.43. The first-order valence-electron chi connectivity index (χ1n) is 5.38. The maximum Gasteiger partial charge on any atom is 0.281 e. The Labute approximate surface area is 127 Å². The molecule has 1 heterocycles. The molecular weight excluding hydrogens is 327 g/mol. The molecule has 9 heteroatoms. The lowest BCUT2D eigenvalue weighted by molar-refractivity contribution is -0.385. The number of aliphatic imine (C=N–C) groups is 1. The highest BCUT2D eigenvalue weighted by molar-refractivity contribution is 6.71. The fraction of sp³-hybridized carbons (Fsp3) is 0. The van der Waals surface area contributed by atoms with Gasteiger partial charge in [0, 0.05) is 6.07 Å². The summed E-state index contributed by atoms with van der Waals surface area (Å²) in [5.74, 6) is -2.11. The zero-order valence-electron chi connectivity index (χ0n) is 10.1. The van der Waals surface area contributed by atoms with Crippen molar-refractivity contribution in [2.45, 2.75) is 0 Å². The molecule has 0 fully saturated rings. The third-order valence-corrected chi connectivity index (χ3v) is 3.02. The molecule has 2 rings (SSSR count). The van der Waals surface area contributed by atoms with Gasteiger partial charge in [-0.2, -0.15) is 0 Å². The van der Waals surface area contributed by atoms with Crippen LogP contribution in [0.4, 0.5) is 20.2 Å². The Morgan fingerprint density at radius 2 is 1.90 bits per heavy atom. The minimum absolute atomic E-state index is 0.0622. The maximum absolute atomic E-state index is 13.5. The second-order valence-electron chi connectivity index (χ2n) is 3.75. The second-order valence-corrected chi connectivity index (χ2v) is 4.51. The Morgan fingerprint density at radius 1 is 1.29 bits per heavy atom. The van der Waals surface area contributed by atoms with Gasteiger partial charge in [0.05, 0.1) is 22.3 Å². The van der Waals surface area contributed by atoms with Crippen LogP contribution in [0.25, 0.3) is 0 Å². The van der Waals surface area contributed by atoms with E-state index in [0.717, 1.165) is 18.5 Å². The highest BCUT2D eigenvalue weighted by Crippen LogP contribution is 2.30. The molecular formula is C12H5Cl2F2N3O2. The summed E-state index contributed by atoms with van der Waals surface area (Å²) in [5.41, 5.74) is -1.35. The van der Waals surface area contributed by atoms with Crippen LogP contribution in [0.2, 0.25) is 5.02 Å². The Hall–Kier alpha value is -2.12. The number of hydrogen-bond acceptors (Lipinski definition) is 4. The lowest BCUT2D eigenvalue weighted by Gasteiger charge is -2.04. The van der Waals surface area contributed by atoms with E-state index in [1.54, 1.807) is 0 Å². The molecule has 0 saturated carbocycles. The molecule has 0 radical (unpaired) electrons. The number of halogens is 4. The van der Waals surface area contributed by atoms with E-state index in [-0.39, 0.29) is 10.6 Å². The van der Waals surface area contributed by atoms with Crippen LogP contribution in [-0.4, -0.2) is 15.1 Å². The molecule has 2 aromatic rings. The summed E-state index contributed by atoms with van der Waals surface area (Å²) in [6, 6.07) is 3.85. The molecule has 108 valence electrons. The predicted octanol–water partition coefficient (Wildman–Crippen LogP) is 4.24. The Balaban J connectivity index is 2.62. The van der Waals surface area contributed by atoms with Gasteiger partial charge in [-0.1, -0.05) is 29.3 Å². The summed E-state index contributed by atoms with van der Waals surface area (Å²) in [6.45, 7) is 0. The van der Waals surface area contributed by atoms with Crippen molar-refractivity contribution in [3.8, 4) is 0 Å². The van der Waals surface area contributed by atoms with Crippen LogP contribution < -0.4 is 0 Å². The number of benzene rings is 1. The lowest BCUT2D eigenvalue weighted by Crippen LogP contribution is -2.01. The van der Waals surface area contributed by atoms with Crippen LogP contribution in [0.5, 0.6) is 0 Å². The van der Waals surface area contributed by atoms with E-state index >= 15 is 0 Å². The second kappa shape index (κ2) is 6.11. The number of pyridine rings is 1. The van der Waals surface area contributed by atoms with E-state index in [4.69, 9.17) is 23.2 Å². The molecule has 0 unspecified atom stereocenters. The first-order valence-corrected chi connectivity index (χ1v) is 6.14. The monoisotopic (exact) mass is 331 g/mol. The number of nitrogens with zero attached hydrogens (tertiary/aromatic N) is 3. The zero-order valence-corrected chi connectivity index (χ0v) is 11.6. The summed E-state index contributed by atoms with van der Waals surface area (Å²) in [5, 5.41) is 10.4. The number of nitro groups is 1. The molecule has 21 heavy (non-hydrogen) atoms. The van der Waals surface area contributed by atoms with Gasteiger partial charge in [0.1, 0.15) is 16.4 Å². The summed E-state index contributed by atoms with van der Waals surface area (Å²) in [4.78, 5) is 17.0. The topological polar surface area (TPSA) is 68.4 Å². The molecule has 0 atom stereocenters. The van der Waals surface area contributed by atoms with Crippen LogP contribution in [0.1, 0.15) is 5.56 Å². The van der Waals surface area contributed by atoms with Crippen LogP contribution in [0.15, 0.2) is 35.6 Å². The molecule has 5 nitrogen and oxygen atoms in total. The van der Waals surface area contributed by atoms with Crippen LogP contribution >= 0.6 is 23.2 Å². The summed E-state index contributed by atoms with van der Waals surface area (Å²) in [7, 11) is 0. The molecule has 0 aliphatic carbocycles. The van der Waals surface area contributed by atoms with E-state index in [1.807, 2.05) is 0 Å². The van der Waals surface area contributed by atoms with Gasteiger partial charge in [-0.05, 0) is 6.07 Å². The van der Waals surface area contributed by atoms with E-state index in [9.17, 15) is 18.9 Å². The average molecular weight is 332 g/mol. The molecule has 0 saturated heterocycles. The lowest BCUT2D eigenvalue weighted by atomic mass is 10.2. The molecule has 1 aromatic heterocycles. The van der Waals surface area contributed by atoms with E-state index in [0.29, 0.717) is 0 Å². The average Bonchev–Trinajstić information content (AvgIpc) is 2.42. The van der Waals surface area contributed by atoms with Gasteiger partial charge < -0.3 is 0 Å². The van der Waals surface area contributed by atoms with Gasteiger partial charge in [-0.3, -0.25) is 15.1 Å². The van der Waals surface area contributed by atoms with E-state index < -0.39 is 33.1 Å². The molecule has 0 N–H and O–H groups in total. The van der Waals surface area contributed by atoms with Gasteiger partial charge in [-0.25, -0.2) is 13.8 Å². The van der Waals surface area contributed by atoms with Crippen molar-refractivity contribution in [2.24, 2.45) is 4.99 Å². The standard InChI is InChI=1S/C12H5Cl2F2N3O2/c13-6-2-1-3-9(19(20)21)10(6)12(14)18-11-7(15)4-17-5-8(11)16/h1-5H/b18-12-. The molecule has 1 aromatic carbocycles. The summed E-state index contributed by atoms with van der Waals surface area (Å²) in [6.07, 6.45) is 1.49. The smallest absolute Gasteiger partial charge is 0.258 e. The van der Waals surface area contributed by atoms with Crippen molar-refractivity contribution in [1.29, 1.82) is 0 Å². The van der Waals surface area contributed by atoms with Crippen LogP contribution in [0, 0.1) is 21.7 Å². The molecule has 0 spiro atoms. The van der Waals surface area contributed by atoms with Crippen molar-refractivity contribution in [2.75, 3.05) is 0 Å². The zero-order chi connectivity index (χ0) is 15.6. The minimum atomic E-state index is -1.05. The normalized spacial score (nSPS) is 11.5. The first-order chi connectivity index (χ1) is 9.91. The van der Waals surface area contributed by atoms with Crippen LogP contribution in [-0.2, 0) is 0 Å². The van der Waals surface area contributed by atoms with Crippen molar-refractivity contribution in [1.82, 2.24) is 4.98 Å². The number of hydrogen-bond donors (Lipinski definition) is 0. The number of rotatable bonds is 3. The van der Waals surface area contributed by atoms with Gasteiger partial charge in [0.2, 0.25) is 0 Å². The highest BCUT2D eigenvalue weighted by Gasteiger charge is 2.21. The van der Waals surface area contributed by atoms with Crippen LogP contribution in [0.3, 0.4) is 0 Å². The molecule has 0 aliphatic heterocycles. The van der Waals surface area contributed by atoms with Crippen molar-refractivity contribution >= 4 is 39.7 Å². The molecule has 0 amide bonds. The van der Waals surface area contributed by atoms with Gasteiger partial charge in [0.25, 0.3) is 5.69 Å². The fourth-order valence-electron chi connectivity index (χ4n) is 1.53.